The lowest BCUT2D eigenvalue weighted by molar-refractivity contribution is 0.339. The van der Waals surface area contributed by atoms with Gasteiger partial charge in [0.1, 0.15) is 0 Å². The molecule has 1 N–H and O–H groups in total. The van der Waals surface area contributed by atoms with E-state index in [4.69, 9.17) is 0 Å². The van der Waals surface area contributed by atoms with Gasteiger partial charge in [0.15, 0.2) is 0 Å². The van der Waals surface area contributed by atoms with E-state index >= 15 is 0 Å². The fraction of sp³-hybridized carbons (Fsp3) is 0.625. The van der Waals surface area contributed by atoms with E-state index < -0.39 is 0 Å². The van der Waals surface area contributed by atoms with Crippen LogP contribution < -0.4 is 5.32 Å². The Morgan fingerprint density at radius 3 is 2.18 bits per heavy atom. The standard InChI is InChI=1S/C16H27N/c1-5-10-15(6-2)17-16(13(3)4)14-11-8-7-9-12-14/h7-9,11-13,15-17H,5-6,10H2,1-4H3. The second kappa shape index (κ2) is 7.50. The fourth-order valence-corrected chi connectivity index (χ4v) is 2.34. The van der Waals surface area contributed by atoms with Crippen molar-refractivity contribution in [2.45, 2.75) is 59.0 Å². The van der Waals surface area contributed by atoms with Crippen LogP contribution in [0.1, 0.15) is 58.6 Å². The third-order valence-electron chi connectivity index (χ3n) is 3.37. The van der Waals surface area contributed by atoms with Crippen molar-refractivity contribution in [1.82, 2.24) is 5.32 Å². The first kappa shape index (κ1) is 14.2. The van der Waals surface area contributed by atoms with Crippen molar-refractivity contribution in [3.63, 3.8) is 0 Å². The largest absolute Gasteiger partial charge is 0.307 e. The second-order valence-corrected chi connectivity index (χ2v) is 5.19. The maximum absolute atomic E-state index is 3.82. The molecule has 1 heteroatoms. The minimum absolute atomic E-state index is 0.479. The highest BCUT2D eigenvalue weighted by Crippen LogP contribution is 2.23. The first-order valence-electron chi connectivity index (χ1n) is 7.00. The number of benzene rings is 1. The summed E-state index contributed by atoms with van der Waals surface area (Å²) in [4.78, 5) is 0. The van der Waals surface area contributed by atoms with Crippen LogP contribution in [0.2, 0.25) is 0 Å². The van der Waals surface area contributed by atoms with E-state index in [1.165, 1.54) is 24.8 Å². The Labute approximate surface area is 107 Å². The van der Waals surface area contributed by atoms with E-state index in [-0.39, 0.29) is 0 Å². The predicted molar refractivity (Wildman–Crippen MR) is 76.1 cm³/mol. The highest BCUT2D eigenvalue weighted by molar-refractivity contribution is 5.19. The first-order valence-corrected chi connectivity index (χ1v) is 7.00. The van der Waals surface area contributed by atoms with Crippen LogP contribution in [0.15, 0.2) is 30.3 Å². The van der Waals surface area contributed by atoms with Gasteiger partial charge in [-0.05, 0) is 24.3 Å². The molecule has 0 radical (unpaired) electrons. The van der Waals surface area contributed by atoms with Crippen LogP contribution in [0.3, 0.4) is 0 Å². The summed E-state index contributed by atoms with van der Waals surface area (Å²) < 4.78 is 0. The van der Waals surface area contributed by atoms with Crippen LogP contribution in [-0.2, 0) is 0 Å². The van der Waals surface area contributed by atoms with E-state index in [9.17, 15) is 0 Å². The molecule has 0 aliphatic heterocycles. The zero-order valence-electron chi connectivity index (χ0n) is 11.7. The maximum atomic E-state index is 3.82. The summed E-state index contributed by atoms with van der Waals surface area (Å²) in [7, 11) is 0. The molecule has 2 unspecified atom stereocenters. The molecule has 0 saturated carbocycles. The molecule has 1 rings (SSSR count). The van der Waals surface area contributed by atoms with Crippen molar-refractivity contribution >= 4 is 0 Å². The Kier molecular flexibility index (Phi) is 6.28. The summed E-state index contributed by atoms with van der Waals surface area (Å²) in [6.45, 7) is 9.12. The average molecular weight is 233 g/mol. The fourth-order valence-electron chi connectivity index (χ4n) is 2.34. The molecule has 0 amide bonds. The zero-order valence-corrected chi connectivity index (χ0v) is 11.7. The Morgan fingerprint density at radius 1 is 1.06 bits per heavy atom. The van der Waals surface area contributed by atoms with Gasteiger partial charge in [0.25, 0.3) is 0 Å². The molecule has 0 aliphatic rings. The molecule has 1 aromatic carbocycles. The van der Waals surface area contributed by atoms with Crippen LogP contribution in [0.25, 0.3) is 0 Å². The lowest BCUT2D eigenvalue weighted by atomic mass is 9.94. The highest BCUT2D eigenvalue weighted by Gasteiger charge is 2.18. The second-order valence-electron chi connectivity index (χ2n) is 5.19. The van der Waals surface area contributed by atoms with Gasteiger partial charge < -0.3 is 5.32 Å². The maximum Gasteiger partial charge on any atom is 0.0345 e. The number of nitrogens with one attached hydrogen (secondary N) is 1. The third kappa shape index (κ3) is 4.51. The quantitative estimate of drug-likeness (QED) is 0.728. The van der Waals surface area contributed by atoms with Gasteiger partial charge in [0, 0.05) is 12.1 Å². The van der Waals surface area contributed by atoms with E-state index in [0.717, 1.165) is 0 Å². The Bertz CT molecular complexity index is 292. The smallest absolute Gasteiger partial charge is 0.0345 e. The number of hydrogen-bond donors (Lipinski definition) is 1. The van der Waals surface area contributed by atoms with Crippen LogP contribution in [0.5, 0.6) is 0 Å². The van der Waals surface area contributed by atoms with E-state index in [1.54, 1.807) is 0 Å². The Hall–Kier alpha value is -0.820. The minimum Gasteiger partial charge on any atom is -0.307 e. The molecule has 96 valence electrons. The Morgan fingerprint density at radius 2 is 1.71 bits per heavy atom. The van der Waals surface area contributed by atoms with Crippen molar-refractivity contribution in [2.75, 3.05) is 0 Å². The molecular formula is C16H27N. The van der Waals surface area contributed by atoms with Gasteiger partial charge in [0.2, 0.25) is 0 Å². The van der Waals surface area contributed by atoms with Gasteiger partial charge in [-0.25, -0.2) is 0 Å². The van der Waals surface area contributed by atoms with Crippen molar-refractivity contribution in [2.24, 2.45) is 5.92 Å². The van der Waals surface area contributed by atoms with Crippen molar-refractivity contribution in [3.05, 3.63) is 35.9 Å². The summed E-state index contributed by atoms with van der Waals surface area (Å²) in [6, 6.07) is 11.9. The van der Waals surface area contributed by atoms with Gasteiger partial charge >= 0.3 is 0 Å². The molecule has 0 saturated heterocycles. The summed E-state index contributed by atoms with van der Waals surface area (Å²) in [5.41, 5.74) is 1.41. The molecule has 0 aromatic heterocycles. The first-order chi connectivity index (χ1) is 8.19. The normalized spacial score (nSPS) is 14.9. The lowest BCUT2D eigenvalue weighted by Gasteiger charge is -2.28. The van der Waals surface area contributed by atoms with Crippen LogP contribution in [-0.4, -0.2) is 6.04 Å². The number of hydrogen-bond acceptors (Lipinski definition) is 1. The topological polar surface area (TPSA) is 12.0 Å². The molecule has 0 fully saturated rings. The summed E-state index contributed by atoms with van der Waals surface area (Å²) in [6.07, 6.45) is 3.74. The molecule has 0 bridgehead atoms. The molecule has 2 atom stereocenters. The predicted octanol–water partition coefficient (Wildman–Crippen LogP) is 4.55. The Balaban J connectivity index is 2.73. The van der Waals surface area contributed by atoms with Crippen molar-refractivity contribution in [1.29, 1.82) is 0 Å². The molecule has 0 aliphatic carbocycles. The monoisotopic (exact) mass is 233 g/mol. The summed E-state index contributed by atoms with van der Waals surface area (Å²) in [5.74, 6) is 0.628. The van der Waals surface area contributed by atoms with E-state index in [2.05, 4.69) is 63.3 Å². The summed E-state index contributed by atoms with van der Waals surface area (Å²) >= 11 is 0. The van der Waals surface area contributed by atoms with Gasteiger partial charge in [-0.3, -0.25) is 0 Å². The molecule has 1 aromatic rings. The lowest BCUT2D eigenvalue weighted by Crippen LogP contribution is -2.35. The van der Waals surface area contributed by atoms with E-state index in [1.807, 2.05) is 0 Å². The average Bonchev–Trinajstić information content (AvgIpc) is 2.35. The third-order valence-corrected chi connectivity index (χ3v) is 3.37. The zero-order chi connectivity index (χ0) is 12.7. The van der Waals surface area contributed by atoms with Gasteiger partial charge in [-0.2, -0.15) is 0 Å². The van der Waals surface area contributed by atoms with Crippen molar-refractivity contribution in [3.8, 4) is 0 Å². The van der Waals surface area contributed by atoms with Gasteiger partial charge in [-0.15, -0.1) is 0 Å². The molecular weight excluding hydrogens is 206 g/mol. The van der Waals surface area contributed by atoms with Gasteiger partial charge in [0.05, 0.1) is 0 Å². The number of rotatable bonds is 7. The molecule has 17 heavy (non-hydrogen) atoms. The summed E-state index contributed by atoms with van der Waals surface area (Å²) in [5, 5.41) is 3.82. The van der Waals surface area contributed by atoms with Crippen molar-refractivity contribution < 1.29 is 0 Å². The van der Waals surface area contributed by atoms with Crippen LogP contribution in [0.4, 0.5) is 0 Å². The van der Waals surface area contributed by atoms with Crippen LogP contribution in [0, 0.1) is 5.92 Å². The van der Waals surface area contributed by atoms with Crippen LogP contribution >= 0.6 is 0 Å². The SMILES string of the molecule is CCCC(CC)NC(c1ccccc1)C(C)C. The highest BCUT2D eigenvalue weighted by atomic mass is 15.0. The molecule has 0 heterocycles. The van der Waals surface area contributed by atoms with Gasteiger partial charge in [-0.1, -0.05) is 64.4 Å². The molecule has 1 nitrogen and oxygen atoms in total. The van der Waals surface area contributed by atoms with E-state index in [0.29, 0.717) is 18.0 Å². The molecule has 0 spiro atoms. The minimum atomic E-state index is 0.479.